The summed E-state index contributed by atoms with van der Waals surface area (Å²) in [5.74, 6) is 0.614. The van der Waals surface area contributed by atoms with Gasteiger partial charge in [-0.25, -0.2) is 4.79 Å². The van der Waals surface area contributed by atoms with E-state index < -0.39 is 34.7 Å². The van der Waals surface area contributed by atoms with Crippen molar-refractivity contribution in [3.63, 3.8) is 0 Å². The van der Waals surface area contributed by atoms with E-state index in [-0.39, 0.29) is 16.7 Å². The molecule has 0 aliphatic rings. The van der Waals surface area contributed by atoms with Crippen LogP contribution in [0.1, 0.15) is 61.0 Å². The van der Waals surface area contributed by atoms with E-state index in [1.54, 1.807) is 13.0 Å². The minimum atomic E-state index is -2.17. The highest BCUT2D eigenvalue weighted by Gasteiger charge is 2.41. The molecule has 0 spiro atoms. The van der Waals surface area contributed by atoms with Gasteiger partial charge in [0.1, 0.15) is 17.6 Å². The lowest BCUT2D eigenvalue weighted by atomic mass is 10.1. The topological polar surface area (TPSA) is 71.1 Å². The standard InChI is InChI=1S/C27H46O6Si2/c1-13-30-25(29)17-16-22(31-20(2)28)18-21-14-15-23(32-34(9,10)26(3,4)5)19-24(21)33-35(11,12)27(6,7)8/h14-17,19,22H,13,18H2,1-12H3/b17-16+/t22-/m1/s1. The van der Waals surface area contributed by atoms with E-state index in [1.165, 1.54) is 13.0 Å². The Bertz CT molecular complexity index is 907. The van der Waals surface area contributed by atoms with Crippen LogP contribution in [0.5, 0.6) is 11.5 Å². The van der Waals surface area contributed by atoms with Gasteiger partial charge >= 0.3 is 11.9 Å². The fourth-order valence-electron chi connectivity index (χ4n) is 2.69. The summed E-state index contributed by atoms with van der Waals surface area (Å²) in [6.07, 6.45) is 2.60. The van der Waals surface area contributed by atoms with Crippen molar-refractivity contribution in [1.82, 2.24) is 0 Å². The summed E-state index contributed by atoms with van der Waals surface area (Å²) in [6.45, 7) is 25.4. The molecule has 1 rings (SSSR count). The molecule has 8 heteroatoms. The number of rotatable bonds is 10. The fourth-order valence-corrected chi connectivity index (χ4v) is 4.76. The molecule has 0 heterocycles. The molecule has 0 saturated carbocycles. The largest absolute Gasteiger partial charge is 0.543 e. The van der Waals surface area contributed by atoms with Crippen LogP contribution in [0.15, 0.2) is 30.4 Å². The minimum absolute atomic E-state index is 0.000336. The third-order valence-corrected chi connectivity index (χ3v) is 15.6. The van der Waals surface area contributed by atoms with Crippen LogP contribution in [0, 0.1) is 0 Å². The third kappa shape index (κ3) is 9.48. The molecule has 0 N–H and O–H groups in total. The van der Waals surface area contributed by atoms with Crippen molar-refractivity contribution in [2.75, 3.05) is 6.61 Å². The molecular weight excluding hydrogens is 476 g/mol. The molecule has 0 bridgehead atoms. The van der Waals surface area contributed by atoms with Crippen molar-refractivity contribution in [2.45, 2.75) is 104 Å². The van der Waals surface area contributed by atoms with Gasteiger partial charge in [-0.2, -0.15) is 0 Å². The smallest absolute Gasteiger partial charge is 0.330 e. The summed E-state index contributed by atoms with van der Waals surface area (Å²) >= 11 is 0. The number of ether oxygens (including phenoxy) is 2. The van der Waals surface area contributed by atoms with E-state index in [1.807, 2.05) is 18.2 Å². The second kappa shape index (κ2) is 11.8. The predicted octanol–water partition coefficient (Wildman–Crippen LogP) is 7.05. The first kappa shape index (κ1) is 31.0. The van der Waals surface area contributed by atoms with Gasteiger partial charge in [-0.1, -0.05) is 47.6 Å². The van der Waals surface area contributed by atoms with Gasteiger partial charge < -0.3 is 18.3 Å². The maximum atomic E-state index is 11.8. The van der Waals surface area contributed by atoms with Crippen molar-refractivity contribution in [2.24, 2.45) is 0 Å². The zero-order valence-electron chi connectivity index (χ0n) is 23.8. The molecule has 0 aromatic heterocycles. The van der Waals surface area contributed by atoms with Crippen molar-refractivity contribution in [1.29, 1.82) is 0 Å². The van der Waals surface area contributed by atoms with Crippen LogP contribution in [0.4, 0.5) is 0 Å². The fraction of sp³-hybridized carbons (Fsp3) is 0.630. The molecule has 35 heavy (non-hydrogen) atoms. The average molecular weight is 523 g/mol. The van der Waals surface area contributed by atoms with Crippen LogP contribution >= 0.6 is 0 Å². The maximum Gasteiger partial charge on any atom is 0.330 e. The van der Waals surface area contributed by atoms with Gasteiger partial charge in [-0.15, -0.1) is 0 Å². The number of esters is 2. The number of carbonyl (C=O) groups excluding carboxylic acids is 2. The first-order valence-corrected chi connectivity index (χ1v) is 18.1. The molecule has 0 unspecified atom stereocenters. The highest BCUT2D eigenvalue weighted by atomic mass is 28.4. The lowest BCUT2D eigenvalue weighted by molar-refractivity contribution is -0.144. The second-order valence-corrected chi connectivity index (χ2v) is 21.4. The zero-order chi connectivity index (χ0) is 27.2. The van der Waals surface area contributed by atoms with Gasteiger partial charge in [-0.3, -0.25) is 4.79 Å². The van der Waals surface area contributed by atoms with E-state index in [4.69, 9.17) is 18.3 Å². The molecule has 1 atom stereocenters. The van der Waals surface area contributed by atoms with Crippen molar-refractivity contribution in [3.8, 4) is 11.5 Å². The van der Waals surface area contributed by atoms with E-state index in [0.717, 1.165) is 17.1 Å². The lowest BCUT2D eigenvalue weighted by Gasteiger charge is -2.38. The molecule has 1 aromatic carbocycles. The van der Waals surface area contributed by atoms with Gasteiger partial charge in [0.05, 0.1) is 6.61 Å². The molecule has 6 nitrogen and oxygen atoms in total. The molecule has 0 radical (unpaired) electrons. The van der Waals surface area contributed by atoms with Gasteiger partial charge in [-0.05, 0) is 60.9 Å². The molecule has 0 aliphatic heterocycles. The van der Waals surface area contributed by atoms with Crippen molar-refractivity contribution in [3.05, 3.63) is 35.9 Å². The summed E-state index contributed by atoms with van der Waals surface area (Å²) < 4.78 is 23.7. The van der Waals surface area contributed by atoms with E-state index in [0.29, 0.717) is 6.42 Å². The molecule has 0 aliphatic carbocycles. The summed E-state index contributed by atoms with van der Waals surface area (Å²) in [6, 6.07) is 5.89. The van der Waals surface area contributed by atoms with Gasteiger partial charge in [0, 0.05) is 25.5 Å². The molecular formula is C27H46O6Si2. The number of benzene rings is 1. The maximum absolute atomic E-state index is 11.8. The van der Waals surface area contributed by atoms with Gasteiger partial charge in [0.15, 0.2) is 0 Å². The van der Waals surface area contributed by atoms with E-state index >= 15 is 0 Å². The Morgan fingerprint density at radius 3 is 1.97 bits per heavy atom. The highest BCUT2D eigenvalue weighted by Crippen LogP contribution is 2.41. The van der Waals surface area contributed by atoms with Gasteiger partial charge in [0.25, 0.3) is 0 Å². The predicted molar refractivity (Wildman–Crippen MR) is 147 cm³/mol. The number of carbonyl (C=O) groups is 2. The molecule has 0 saturated heterocycles. The van der Waals surface area contributed by atoms with Crippen LogP contribution < -0.4 is 8.85 Å². The lowest BCUT2D eigenvalue weighted by Crippen LogP contribution is -2.44. The summed E-state index contributed by atoms with van der Waals surface area (Å²) in [5.41, 5.74) is 0.886. The summed E-state index contributed by atoms with van der Waals surface area (Å²) in [5, 5.41) is 0.0596. The van der Waals surface area contributed by atoms with E-state index in [2.05, 4.69) is 67.7 Å². The Morgan fingerprint density at radius 2 is 1.49 bits per heavy atom. The second-order valence-electron chi connectivity index (χ2n) is 12.0. The number of hydrogen-bond acceptors (Lipinski definition) is 6. The first-order chi connectivity index (χ1) is 15.8. The van der Waals surface area contributed by atoms with Crippen molar-refractivity contribution >= 4 is 28.6 Å². The first-order valence-electron chi connectivity index (χ1n) is 12.3. The third-order valence-electron chi connectivity index (χ3n) is 6.86. The summed E-state index contributed by atoms with van der Waals surface area (Å²) in [4.78, 5) is 23.6. The summed E-state index contributed by atoms with van der Waals surface area (Å²) in [7, 11) is -4.21. The Labute approximate surface area is 214 Å². The zero-order valence-corrected chi connectivity index (χ0v) is 25.8. The molecule has 198 valence electrons. The Hall–Kier alpha value is -2.07. The molecule has 1 aromatic rings. The average Bonchev–Trinajstić information content (AvgIpc) is 2.65. The monoisotopic (exact) mass is 522 g/mol. The van der Waals surface area contributed by atoms with Crippen molar-refractivity contribution < 1.29 is 27.9 Å². The Kier molecular flexibility index (Phi) is 10.4. The highest BCUT2D eigenvalue weighted by molar-refractivity contribution is 6.75. The molecule has 0 amide bonds. The van der Waals surface area contributed by atoms with Crippen LogP contribution in [-0.2, 0) is 25.5 Å². The quantitative estimate of drug-likeness (QED) is 0.186. The molecule has 0 fully saturated rings. The van der Waals surface area contributed by atoms with Crippen LogP contribution in [0.2, 0.25) is 36.3 Å². The van der Waals surface area contributed by atoms with E-state index in [9.17, 15) is 9.59 Å². The number of hydrogen-bond donors (Lipinski definition) is 0. The Morgan fingerprint density at radius 1 is 0.943 bits per heavy atom. The Balaban J connectivity index is 3.44. The van der Waals surface area contributed by atoms with Crippen LogP contribution in [-0.4, -0.2) is 41.3 Å². The normalized spacial score (nSPS) is 13.9. The van der Waals surface area contributed by atoms with Crippen LogP contribution in [0.25, 0.3) is 0 Å². The van der Waals surface area contributed by atoms with Gasteiger partial charge in [0.2, 0.25) is 16.6 Å². The van der Waals surface area contributed by atoms with Crippen LogP contribution in [0.3, 0.4) is 0 Å². The SMILES string of the molecule is CCOC(=O)/C=C/[C@H](Cc1ccc(O[Si](C)(C)C(C)(C)C)cc1O[Si](C)(C)C(C)(C)C)OC(C)=O. The minimum Gasteiger partial charge on any atom is -0.543 e.